The van der Waals surface area contributed by atoms with Crippen molar-refractivity contribution in [2.75, 3.05) is 6.54 Å². The highest BCUT2D eigenvalue weighted by Gasteiger charge is 2.09. The molecule has 0 radical (unpaired) electrons. The Balaban J connectivity index is 2.35. The molecule has 1 aromatic rings. The first-order chi connectivity index (χ1) is 6.24. The molecule has 0 fully saturated rings. The molecule has 13 heavy (non-hydrogen) atoms. The van der Waals surface area contributed by atoms with E-state index in [9.17, 15) is 4.79 Å². The maximum Gasteiger partial charge on any atom is 0.273 e. The third-order valence-corrected chi connectivity index (χ3v) is 2.06. The highest BCUT2D eigenvalue weighted by molar-refractivity contribution is 6.20. The van der Waals surface area contributed by atoms with Gasteiger partial charge in [0.2, 0.25) is 0 Å². The van der Waals surface area contributed by atoms with Crippen LogP contribution in [0.5, 0.6) is 0 Å². The van der Waals surface area contributed by atoms with Crippen LogP contribution in [0.3, 0.4) is 0 Å². The minimum atomic E-state index is -0.257. The van der Waals surface area contributed by atoms with E-state index in [1.165, 1.54) is 12.3 Å². The SMILES string of the molecule is CCC(Cl)CNC(=O)c1ccon1. The van der Waals surface area contributed by atoms with E-state index in [0.29, 0.717) is 6.54 Å². The molecule has 1 N–H and O–H groups in total. The van der Waals surface area contributed by atoms with Crippen molar-refractivity contribution < 1.29 is 9.32 Å². The van der Waals surface area contributed by atoms with Gasteiger partial charge in [-0.05, 0) is 6.42 Å². The number of amides is 1. The topological polar surface area (TPSA) is 55.1 Å². The van der Waals surface area contributed by atoms with E-state index in [-0.39, 0.29) is 17.0 Å². The minimum absolute atomic E-state index is 0.0316. The minimum Gasteiger partial charge on any atom is -0.364 e. The maximum absolute atomic E-state index is 11.2. The lowest BCUT2D eigenvalue weighted by Crippen LogP contribution is -2.29. The van der Waals surface area contributed by atoms with Gasteiger partial charge in [0, 0.05) is 12.6 Å². The van der Waals surface area contributed by atoms with Gasteiger partial charge in [-0.2, -0.15) is 0 Å². The van der Waals surface area contributed by atoms with E-state index in [1.807, 2.05) is 6.92 Å². The highest BCUT2D eigenvalue weighted by Crippen LogP contribution is 1.99. The molecule has 0 aliphatic heterocycles. The summed E-state index contributed by atoms with van der Waals surface area (Å²) in [7, 11) is 0. The second-order valence-corrected chi connectivity index (χ2v) is 3.22. The van der Waals surface area contributed by atoms with Gasteiger partial charge in [0.1, 0.15) is 6.26 Å². The smallest absolute Gasteiger partial charge is 0.273 e. The van der Waals surface area contributed by atoms with Gasteiger partial charge in [0.25, 0.3) is 5.91 Å². The zero-order valence-electron chi connectivity index (χ0n) is 7.29. The molecule has 72 valence electrons. The zero-order valence-corrected chi connectivity index (χ0v) is 8.04. The summed E-state index contributed by atoms with van der Waals surface area (Å²) < 4.78 is 4.52. The summed E-state index contributed by atoms with van der Waals surface area (Å²) in [6.45, 7) is 2.41. The van der Waals surface area contributed by atoms with Crippen LogP contribution in [0, 0.1) is 0 Å². The Kier molecular flexibility index (Phi) is 3.76. The molecule has 4 nitrogen and oxygen atoms in total. The average Bonchev–Trinajstić information content (AvgIpc) is 2.66. The summed E-state index contributed by atoms with van der Waals surface area (Å²) in [6.07, 6.45) is 2.17. The number of carbonyl (C=O) groups is 1. The van der Waals surface area contributed by atoms with Crippen molar-refractivity contribution in [1.82, 2.24) is 10.5 Å². The number of nitrogens with one attached hydrogen (secondary N) is 1. The fourth-order valence-electron chi connectivity index (χ4n) is 0.768. The Labute approximate surface area is 81.2 Å². The Morgan fingerprint density at radius 2 is 2.62 bits per heavy atom. The molecule has 0 saturated carbocycles. The quantitative estimate of drug-likeness (QED) is 0.752. The molecule has 1 amide bonds. The average molecular weight is 203 g/mol. The number of rotatable bonds is 4. The van der Waals surface area contributed by atoms with Crippen molar-refractivity contribution in [1.29, 1.82) is 0 Å². The summed E-state index contributed by atoms with van der Waals surface area (Å²) in [5, 5.41) is 6.10. The molecule has 5 heteroatoms. The molecule has 0 aliphatic rings. The monoisotopic (exact) mass is 202 g/mol. The van der Waals surface area contributed by atoms with Gasteiger partial charge in [0.05, 0.1) is 5.38 Å². The first-order valence-corrected chi connectivity index (χ1v) is 4.50. The normalized spacial score (nSPS) is 12.5. The van der Waals surface area contributed by atoms with Crippen molar-refractivity contribution in [3.8, 4) is 0 Å². The second-order valence-electron chi connectivity index (χ2n) is 2.60. The van der Waals surface area contributed by atoms with Crippen molar-refractivity contribution in [3.63, 3.8) is 0 Å². The van der Waals surface area contributed by atoms with E-state index in [0.717, 1.165) is 6.42 Å². The highest BCUT2D eigenvalue weighted by atomic mass is 35.5. The first kappa shape index (κ1) is 10.1. The molecule has 0 bridgehead atoms. The molecule has 0 aliphatic carbocycles. The van der Waals surface area contributed by atoms with Crippen LogP contribution in [-0.4, -0.2) is 23.0 Å². The number of hydrogen-bond donors (Lipinski definition) is 1. The van der Waals surface area contributed by atoms with Crippen LogP contribution in [0.4, 0.5) is 0 Å². The standard InChI is InChI=1S/C8H11ClN2O2/c1-2-6(9)5-10-8(12)7-3-4-13-11-7/h3-4,6H,2,5H2,1H3,(H,10,12). The summed E-state index contributed by atoms with van der Waals surface area (Å²) >= 11 is 5.81. The fraction of sp³-hybridized carbons (Fsp3) is 0.500. The Morgan fingerprint density at radius 3 is 3.15 bits per heavy atom. The Hall–Kier alpha value is -1.03. The Morgan fingerprint density at radius 1 is 1.85 bits per heavy atom. The van der Waals surface area contributed by atoms with Crippen LogP contribution < -0.4 is 5.32 Å². The van der Waals surface area contributed by atoms with Crippen molar-refractivity contribution in [3.05, 3.63) is 18.0 Å². The van der Waals surface area contributed by atoms with Gasteiger partial charge in [-0.15, -0.1) is 11.6 Å². The lowest BCUT2D eigenvalue weighted by molar-refractivity contribution is 0.0944. The van der Waals surface area contributed by atoms with E-state index in [1.54, 1.807) is 0 Å². The van der Waals surface area contributed by atoms with E-state index in [2.05, 4.69) is 15.0 Å². The van der Waals surface area contributed by atoms with E-state index < -0.39 is 0 Å². The summed E-state index contributed by atoms with van der Waals surface area (Å²) in [4.78, 5) is 11.2. The molecule has 0 saturated heterocycles. The maximum atomic E-state index is 11.2. The number of aromatic nitrogens is 1. The molecular formula is C8H11ClN2O2. The number of carbonyl (C=O) groups excluding carboxylic acids is 1. The van der Waals surface area contributed by atoms with Crippen molar-refractivity contribution in [2.45, 2.75) is 18.7 Å². The predicted molar refractivity (Wildman–Crippen MR) is 48.8 cm³/mol. The molecule has 0 aromatic carbocycles. The van der Waals surface area contributed by atoms with Crippen LogP contribution in [0.25, 0.3) is 0 Å². The van der Waals surface area contributed by atoms with E-state index in [4.69, 9.17) is 11.6 Å². The fourth-order valence-corrected chi connectivity index (χ4v) is 0.845. The molecule has 1 aromatic heterocycles. The van der Waals surface area contributed by atoms with Crippen LogP contribution in [-0.2, 0) is 0 Å². The Bertz CT molecular complexity index is 261. The van der Waals surface area contributed by atoms with Gasteiger partial charge in [-0.1, -0.05) is 12.1 Å². The van der Waals surface area contributed by atoms with Crippen LogP contribution in [0.2, 0.25) is 0 Å². The van der Waals surface area contributed by atoms with E-state index >= 15 is 0 Å². The molecular weight excluding hydrogens is 192 g/mol. The van der Waals surface area contributed by atoms with Crippen molar-refractivity contribution >= 4 is 17.5 Å². The third-order valence-electron chi connectivity index (χ3n) is 1.60. The number of halogens is 1. The molecule has 1 heterocycles. The van der Waals surface area contributed by atoms with Gasteiger partial charge in [-0.25, -0.2) is 0 Å². The van der Waals surface area contributed by atoms with Gasteiger partial charge in [0.15, 0.2) is 5.69 Å². The second kappa shape index (κ2) is 4.87. The summed E-state index contributed by atoms with van der Waals surface area (Å²) in [5.74, 6) is -0.257. The predicted octanol–water partition coefficient (Wildman–Crippen LogP) is 1.42. The third kappa shape index (κ3) is 3.06. The zero-order chi connectivity index (χ0) is 9.68. The van der Waals surface area contributed by atoms with Crippen LogP contribution in [0.1, 0.15) is 23.8 Å². The lowest BCUT2D eigenvalue weighted by Gasteiger charge is -2.06. The lowest BCUT2D eigenvalue weighted by atomic mass is 10.3. The molecule has 1 unspecified atom stereocenters. The number of nitrogens with zero attached hydrogens (tertiary/aromatic N) is 1. The largest absolute Gasteiger partial charge is 0.364 e. The first-order valence-electron chi connectivity index (χ1n) is 4.06. The summed E-state index contributed by atoms with van der Waals surface area (Å²) in [5.41, 5.74) is 0.278. The van der Waals surface area contributed by atoms with Gasteiger partial charge < -0.3 is 9.84 Å². The molecule has 1 rings (SSSR count). The molecule has 0 spiro atoms. The van der Waals surface area contributed by atoms with Gasteiger partial charge in [-0.3, -0.25) is 4.79 Å². The van der Waals surface area contributed by atoms with Crippen LogP contribution in [0.15, 0.2) is 16.9 Å². The number of alkyl halides is 1. The number of hydrogen-bond acceptors (Lipinski definition) is 3. The van der Waals surface area contributed by atoms with Crippen LogP contribution >= 0.6 is 11.6 Å². The summed E-state index contributed by atoms with van der Waals surface area (Å²) in [6, 6.07) is 1.50. The molecule has 1 atom stereocenters. The van der Waals surface area contributed by atoms with Gasteiger partial charge >= 0.3 is 0 Å². The van der Waals surface area contributed by atoms with Crippen molar-refractivity contribution in [2.24, 2.45) is 0 Å².